The highest BCUT2D eigenvalue weighted by molar-refractivity contribution is 5.10. The zero-order valence-corrected chi connectivity index (χ0v) is 8.35. The highest BCUT2D eigenvalue weighted by atomic mass is 14.5. The summed E-state index contributed by atoms with van der Waals surface area (Å²) in [6.07, 6.45) is 5.96. The first kappa shape index (κ1) is 11.3. The van der Waals surface area contributed by atoms with Gasteiger partial charge in [-0.3, -0.25) is 0 Å². The summed E-state index contributed by atoms with van der Waals surface area (Å²) >= 11 is 0. The fourth-order valence-corrected chi connectivity index (χ4v) is 0.673. The molecule has 0 fully saturated rings. The topological polar surface area (TPSA) is 26.0 Å². The average molecular weight is 165 g/mol. The lowest BCUT2D eigenvalue weighted by atomic mass is 9.98. The fourth-order valence-electron chi connectivity index (χ4n) is 0.673. The molecular formula is C11H19N. The van der Waals surface area contributed by atoms with Gasteiger partial charge in [0, 0.05) is 11.8 Å². The predicted octanol–water partition coefficient (Wildman–Crippen LogP) is 2.33. The van der Waals surface area contributed by atoms with E-state index in [0.29, 0.717) is 0 Å². The van der Waals surface area contributed by atoms with Crippen molar-refractivity contribution in [2.24, 2.45) is 11.1 Å². The van der Waals surface area contributed by atoms with Gasteiger partial charge in [-0.15, -0.1) is 0 Å². The van der Waals surface area contributed by atoms with Crippen molar-refractivity contribution in [2.45, 2.75) is 33.6 Å². The van der Waals surface area contributed by atoms with Gasteiger partial charge >= 0.3 is 0 Å². The first-order valence-electron chi connectivity index (χ1n) is 4.41. The normalized spacial score (nSPS) is 11.3. The van der Waals surface area contributed by atoms with Crippen molar-refractivity contribution in [2.75, 3.05) is 6.54 Å². The number of allylic oxidation sites excluding steroid dienone is 1. The molecule has 0 rings (SSSR count). The van der Waals surface area contributed by atoms with E-state index in [-0.39, 0.29) is 5.41 Å². The first-order chi connectivity index (χ1) is 5.56. The summed E-state index contributed by atoms with van der Waals surface area (Å²) in [5.74, 6) is 6.27. The van der Waals surface area contributed by atoms with Crippen molar-refractivity contribution in [1.29, 1.82) is 0 Å². The number of rotatable bonds is 3. The predicted molar refractivity (Wildman–Crippen MR) is 54.7 cm³/mol. The molecule has 0 aliphatic rings. The van der Waals surface area contributed by atoms with Crippen LogP contribution in [-0.4, -0.2) is 6.54 Å². The standard InChI is InChI=1S/C11H19N/c1-11(2,3)9-7-5-4-6-8-10-12/h4,6H,5,8,10,12H2,1-3H3/b6-4+. The summed E-state index contributed by atoms with van der Waals surface area (Å²) in [6.45, 7) is 7.07. The maximum Gasteiger partial charge on any atom is 0.0269 e. The van der Waals surface area contributed by atoms with Crippen LogP contribution in [0.1, 0.15) is 33.6 Å². The molecule has 0 unspecified atom stereocenters. The molecule has 0 heterocycles. The number of hydrogen-bond donors (Lipinski definition) is 1. The lowest BCUT2D eigenvalue weighted by Gasteiger charge is -2.06. The number of hydrogen-bond acceptors (Lipinski definition) is 1. The Kier molecular flexibility index (Phi) is 5.49. The Bertz CT molecular complexity index is 185. The first-order valence-corrected chi connectivity index (χ1v) is 4.41. The van der Waals surface area contributed by atoms with Crippen LogP contribution in [0.2, 0.25) is 0 Å². The highest BCUT2D eigenvalue weighted by Crippen LogP contribution is 2.09. The van der Waals surface area contributed by atoms with Crippen LogP contribution in [0.4, 0.5) is 0 Å². The Morgan fingerprint density at radius 3 is 2.42 bits per heavy atom. The minimum atomic E-state index is 0.127. The van der Waals surface area contributed by atoms with E-state index >= 15 is 0 Å². The molecule has 1 nitrogen and oxygen atoms in total. The van der Waals surface area contributed by atoms with E-state index < -0.39 is 0 Å². The molecule has 12 heavy (non-hydrogen) atoms. The molecule has 0 aliphatic carbocycles. The Balaban J connectivity index is 3.59. The lowest BCUT2D eigenvalue weighted by molar-refractivity contribution is 0.570. The second-order valence-electron chi connectivity index (χ2n) is 3.80. The maximum absolute atomic E-state index is 5.33. The van der Waals surface area contributed by atoms with E-state index in [1.807, 2.05) is 0 Å². The third-order valence-electron chi connectivity index (χ3n) is 1.18. The van der Waals surface area contributed by atoms with Gasteiger partial charge in [-0.1, -0.05) is 24.0 Å². The summed E-state index contributed by atoms with van der Waals surface area (Å²) < 4.78 is 0. The average Bonchev–Trinajstić information content (AvgIpc) is 1.94. The van der Waals surface area contributed by atoms with Gasteiger partial charge in [-0.25, -0.2) is 0 Å². The van der Waals surface area contributed by atoms with Gasteiger partial charge < -0.3 is 5.73 Å². The number of nitrogens with two attached hydrogens (primary N) is 1. The van der Waals surface area contributed by atoms with Crippen LogP contribution in [0.3, 0.4) is 0 Å². The second-order valence-corrected chi connectivity index (χ2v) is 3.80. The van der Waals surface area contributed by atoms with Gasteiger partial charge in [0.2, 0.25) is 0 Å². The van der Waals surface area contributed by atoms with Gasteiger partial charge in [-0.05, 0) is 33.7 Å². The minimum absolute atomic E-state index is 0.127. The molecule has 0 spiro atoms. The summed E-state index contributed by atoms with van der Waals surface area (Å²) in [6, 6.07) is 0. The van der Waals surface area contributed by atoms with Gasteiger partial charge in [0.1, 0.15) is 0 Å². The summed E-state index contributed by atoms with van der Waals surface area (Å²) in [4.78, 5) is 0. The van der Waals surface area contributed by atoms with E-state index in [1.54, 1.807) is 0 Å². The summed E-state index contributed by atoms with van der Waals surface area (Å²) in [5, 5.41) is 0. The molecule has 2 N–H and O–H groups in total. The van der Waals surface area contributed by atoms with E-state index in [0.717, 1.165) is 19.4 Å². The zero-order valence-electron chi connectivity index (χ0n) is 8.35. The van der Waals surface area contributed by atoms with Crippen molar-refractivity contribution < 1.29 is 0 Å². The molecule has 0 radical (unpaired) electrons. The SMILES string of the molecule is CC(C)(C)C#CC/C=C/CCN. The monoisotopic (exact) mass is 165 g/mol. The second kappa shape index (κ2) is 5.85. The largest absolute Gasteiger partial charge is 0.330 e. The third-order valence-corrected chi connectivity index (χ3v) is 1.18. The molecule has 0 saturated carbocycles. The maximum atomic E-state index is 5.33. The molecule has 0 saturated heterocycles. The smallest absolute Gasteiger partial charge is 0.0269 e. The zero-order chi connectivity index (χ0) is 9.45. The van der Waals surface area contributed by atoms with E-state index in [9.17, 15) is 0 Å². The fraction of sp³-hybridized carbons (Fsp3) is 0.636. The molecule has 0 amide bonds. The molecule has 0 bridgehead atoms. The van der Waals surface area contributed by atoms with E-state index in [2.05, 4.69) is 44.8 Å². The van der Waals surface area contributed by atoms with Crippen molar-refractivity contribution >= 4 is 0 Å². The molecule has 0 aliphatic heterocycles. The van der Waals surface area contributed by atoms with Gasteiger partial charge in [0.25, 0.3) is 0 Å². The molecule has 0 aromatic heterocycles. The van der Waals surface area contributed by atoms with E-state index in [4.69, 9.17) is 5.73 Å². The van der Waals surface area contributed by atoms with Crippen LogP contribution in [-0.2, 0) is 0 Å². The van der Waals surface area contributed by atoms with Crippen molar-refractivity contribution in [3.8, 4) is 11.8 Å². The molecule has 0 aromatic carbocycles. The van der Waals surface area contributed by atoms with Gasteiger partial charge in [0.05, 0.1) is 0 Å². The Morgan fingerprint density at radius 2 is 1.92 bits per heavy atom. The molecule has 0 atom stereocenters. The summed E-state index contributed by atoms with van der Waals surface area (Å²) in [7, 11) is 0. The molecule has 1 heteroatoms. The van der Waals surface area contributed by atoms with Gasteiger partial charge in [0.15, 0.2) is 0 Å². The lowest BCUT2D eigenvalue weighted by Crippen LogP contribution is -1.98. The molecule has 68 valence electrons. The summed E-state index contributed by atoms with van der Waals surface area (Å²) in [5.41, 5.74) is 5.45. The van der Waals surface area contributed by atoms with Crippen LogP contribution in [0.15, 0.2) is 12.2 Å². The molecular weight excluding hydrogens is 146 g/mol. The van der Waals surface area contributed by atoms with Crippen LogP contribution in [0, 0.1) is 17.3 Å². The minimum Gasteiger partial charge on any atom is -0.330 e. The Hall–Kier alpha value is -0.740. The third kappa shape index (κ3) is 9.26. The quantitative estimate of drug-likeness (QED) is 0.504. The van der Waals surface area contributed by atoms with Crippen LogP contribution in [0.5, 0.6) is 0 Å². The van der Waals surface area contributed by atoms with Crippen LogP contribution < -0.4 is 5.73 Å². The Morgan fingerprint density at radius 1 is 1.25 bits per heavy atom. The molecule has 0 aromatic rings. The van der Waals surface area contributed by atoms with Crippen LogP contribution >= 0.6 is 0 Å². The van der Waals surface area contributed by atoms with Crippen molar-refractivity contribution in [1.82, 2.24) is 0 Å². The van der Waals surface area contributed by atoms with Crippen molar-refractivity contribution in [3.63, 3.8) is 0 Å². The van der Waals surface area contributed by atoms with Crippen LogP contribution in [0.25, 0.3) is 0 Å². The highest BCUT2D eigenvalue weighted by Gasteiger charge is 2.02. The van der Waals surface area contributed by atoms with Gasteiger partial charge in [-0.2, -0.15) is 0 Å². The Labute approximate surface area is 76.0 Å². The van der Waals surface area contributed by atoms with Crippen molar-refractivity contribution in [3.05, 3.63) is 12.2 Å². The van der Waals surface area contributed by atoms with E-state index in [1.165, 1.54) is 0 Å².